The van der Waals surface area contributed by atoms with Gasteiger partial charge in [-0.15, -0.1) is 0 Å². The Morgan fingerprint density at radius 3 is 2.86 bits per heavy atom. The number of aromatic nitrogens is 1. The van der Waals surface area contributed by atoms with Crippen molar-refractivity contribution in [3.05, 3.63) is 35.5 Å². The second-order valence-corrected chi connectivity index (χ2v) is 4.07. The highest BCUT2D eigenvalue weighted by Gasteiger charge is 2.08. The molecule has 0 saturated carbocycles. The summed E-state index contributed by atoms with van der Waals surface area (Å²) in [6, 6.07) is 8.66. The van der Waals surface area contributed by atoms with Crippen LogP contribution in [0.4, 0.5) is 0 Å². The van der Waals surface area contributed by atoms with Gasteiger partial charge in [0.05, 0.1) is 10.5 Å². The van der Waals surface area contributed by atoms with Crippen molar-refractivity contribution in [2.75, 3.05) is 0 Å². The molecule has 0 N–H and O–H groups in total. The maximum atomic E-state index is 6.18. The SMILES string of the molecule is CCC(C)n1ccc2cccc(Cl)c21. The van der Waals surface area contributed by atoms with E-state index >= 15 is 0 Å². The monoisotopic (exact) mass is 207 g/mol. The highest BCUT2D eigenvalue weighted by atomic mass is 35.5. The number of halogens is 1. The topological polar surface area (TPSA) is 4.93 Å². The lowest BCUT2D eigenvalue weighted by Crippen LogP contribution is -2.01. The molecule has 14 heavy (non-hydrogen) atoms. The van der Waals surface area contributed by atoms with Gasteiger partial charge in [-0.1, -0.05) is 30.7 Å². The van der Waals surface area contributed by atoms with E-state index in [0.717, 1.165) is 17.0 Å². The van der Waals surface area contributed by atoms with Gasteiger partial charge in [0, 0.05) is 17.6 Å². The molecule has 0 spiro atoms. The molecule has 0 amide bonds. The predicted octanol–water partition coefficient (Wildman–Crippen LogP) is 4.27. The van der Waals surface area contributed by atoms with E-state index in [1.807, 2.05) is 12.1 Å². The lowest BCUT2D eigenvalue weighted by atomic mass is 10.2. The summed E-state index contributed by atoms with van der Waals surface area (Å²) < 4.78 is 2.25. The maximum Gasteiger partial charge on any atom is 0.0672 e. The van der Waals surface area contributed by atoms with Crippen molar-refractivity contribution in [3.63, 3.8) is 0 Å². The van der Waals surface area contributed by atoms with E-state index < -0.39 is 0 Å². The van der Waals surface area contributed by atoms with E-state index in [9.17, 15) is 0 Å². The summed E-state index contributed by atoms with van der Waals surface area (Å²) in [6.07, 6.45) is 3.24. The number of para-hydroxylation sites is 1. The molecule has 0 saturated heterocycles. The van der Waals surface area contributed by atoms with Crippen molar-refractivity contribution in [2.24, 2.45) is 0 Å². The second-order valence-electron chi connectivity index (χ2n) is 3.66. The predicted molar refractivity (Wildman–Crippen MR) is 62.0 cm³/mol. The molecule has 1 nitrogen and oxygen atoms in total. The van der Waals surface area contributed by atoms with Gasteiger partial charge in [0.1, 0.15) is 0 Å². The third-order valence-corrected chi connectivity index (χ3v) is 3.06. The molecule has 2 heteroatoms. The number of nitrogens with zero attached hydrogens (tertiary/aromatic N) is 1. The molecule has 2 rings (SSSR count). The van der Waals surface area contributed by atoms with Crippen LogP contribution in [0.5, 0.6) is 0 Å². The van der Waals surface area contributed by atoms with Crippen molar-refractivity contribution in [1.29, 1.82) is 0 Å². The molecule has 1 atom stereocenters. The van der Waals surface area contributed by atoms with E-state index in [1.165, 1.54) is 5.39 Å². The fourth-order valence-electron chi connectivity index (χ4n) is 1.74. The third-order valence-electron chi connectivity index (χ3n) is 2.76. The summed E-state index contributed by atoms with van der Waals surface area (Å²) in [4.78, 5) is 0. The van der Waals surface area contributed by atoms with Gasteiger partial charge >= 0.3 is 0 Å². The van der Waals surface area contributed by atoms with Crippen LogP contribution in [-0.2, 0) is 0 Å². The minimum absolute atomic E-state index is 0.507. The molecular weight excluding hydrogens is 194 g/mol. The Kier molecular flexibility index (Phi) is 2.51. The fourth-order valence-corrected chi connectivity index (χ4v) is 2.02. The van der Waals surface area contributed by atoms with Crippen molar-refractivity contribution in [2.45, 2.75) is 26.3 Å². The van der Waals surface area contributed by atoms with Gasteiger partial charge in [-0.3, -0.25) is 0 Å². The Bertz CT molecular complexity index is 445. The Morgan fingerprint density at radius 1 is 1.36 bits per heavy atom. The standard InChI is InChI=1S/C12H14ClN/c1-3-9(2)14-8-7-10-5-4-6-11(13)12(10)14/h4-9H,3H2,1-2H3. The van der Waals surface area contributed by atoms with Crippen LogP contribution in [0.3, 0.4) is 0 Å². The number of hydrogen-bond acceptors (Lipinski definition) is 0. The molecule has 1 heterocycles. The normalized spacial score (nSPS) is 13.4. The molecule has 2 aromatic rings. The van der Waals surface area contributed by atoms with E-state index in [2.05, 4.69) is 36.7 Å². The number of hydrogen-bond donors (Lipinski definition) is 0. The van der Waals surface area contributed by atoms with Gasteiger partial charge in [-0.2, -0.15) is 0 Å². The maximum absolute atomic E-state index is 6.18. The summed E-state index contributed by atoms with van der Waals surface area (Å²) in [7, 11) is 0. The highest BCUT2D eigenvalue weighted by molar-refractivity contribution is 6.35. The average molecular weight is 208 g/mol. The molecular formula is C12H14ClN. The molecule has 0 aliphatic carbocycles. The van der Waals surface area contributed by atoms with Crippen LogP contribution in [0.2, 0.25) is 5.02 Å². The first-order valence-electron chi connectivity index (χ1n) is 4.99. The summed E-state index contributed by atoms with van der Waals surface area (Å²) in [5.41, 5.74) is 1.16. The first kappa shape index (κ1) is 9.60. The minimum Gasteiger partial charge on any atom is -0.344 e. The largest absolute Gasteiger partial charge is 0.344 e. The molecule has 0 fully saturated rings. The van der Waals surface area contributed by atoms with Gasteiger partial charge in [-0.05, 0) is 25.5 Å². The van der Waals surface area contributed by atoms with Crippen LogP contribution in [0.15, 0.2) is 30.5 Å². The fraction of sp³-hybridized carbons (Fsp3) is 0.333. The van der Waals surface area contributed by atoms with Crippen LogP contribution < -0.4 is 0 Å². The van der Waals surface area contributed by atoms with E-state index in [1.54, 1.807) is 0 Å². The Hall–Kier alpha value is -0.950. The van der Waals surface area contributed by atoms with Gasteiger partial charge in [-0.25, -0.2) is 0 Å². The molecule has 1 unspecified atom stereocenters. The van der Waals surface area contributed by atoms with Crippen LogP contribution in [0.1, 0.15) is 26.3 Å². The highest BCUT2D eigenvalue weighted by Crippen LogP contribution is 2.27. The van der Waals surface area contributed by atoms with E-state index in [-0.39, 0.29) is 0 Å². The van der Waals surface area contributed by atoms with E-state index in [0.29, 0.717) is 6.04 Å². The van der Waals surface area contributed by atoms with Crippen molar-refractivity contribution in [1.82, 2.24) is 4.57 Å². The van der Waals surface area contributed by atoms with Crippen LogP contribution in [0.25, 0.3) is 10.9 Å². The Morgan fingerprint density at radius 2 is 2.14 bits per heavy atom. The molecule has 74 valence electrons. The van der Waals surface area contributed by atoms with Gasteiger partial charge in [0.2, 0.25) is 0 Å². The van der Waals surface area contributed by atoms with Crippen molar-refractivity contribution < 1.29 is 0 Å². The van der Waals surface area contributed by atoms with E-state index in [4.69, 9.17) is 11.6 Å². The molecule has 0 aliphatic rings. The van der Waals surface area contributed by atoms with Crippen LogP contribution in [-0.4, -0.2) is 4.57 Å². The quantitative estimate of drug-likeness (QED) is 0.693. The molecule has 1 aromatic carbocycles. The zero-order chi connectivity index (χ0) is 10.1. The van der Waals surface area contributed by atoms with Gasteiger partial charge in [0.25, 0.3) is 0 Å². The number of fused-ring (bicyclic) bond motifs is 1. The van der Waals surface area contributed by atoms with Gasteiger partial charge in [0.15, 0.2) is 0 Å². The first-order valence-corrected chi connectivity index (χ1v) is 5.37. The van der Waals surface area contributed by atoms with Crippen molar-refractivity contribution in [3.8, 4) is 0 Å². The zero-order valence-electron chi connectivity index (χ0n) is 8.50. The smallest absolute Gasteiger partial charge is 0.0672 e. The summed E-state index contributed by atoms with van der Waals surface area (Å²) in [5.74, 6) is 0. The third kappa shape index (κ3) is 1.42. The second kappa shape index (κ2) is 3.66. The average Bonchev–Trinajstić information content (AvgIpc) is 2.62. The summed E-state index contributed by atoms with van der Waals surface area (Å²) in [6.45, 7) is 4.40. The molecule has 0 radical (unpaired) electrons. The number of benzene rings is 1. The number of rotatable bonds is 2. The Labute approximate surface area is 89.3 Å². The Balaban J connectivity index is 2.67. The van der Waals surface area contributed by atoms with Crippen molar-refractivity contribution >= 4 is 22.5 Å². The summed E-state index contributed by atoms with van der Waals surface area (Å²) in [5, 5.41) is 2.06. The van der Waals surface area contributed by atoms with Gasteiger partial charge < -0.3 is 4.57 Å². The lowest BCUT2D eigenvalue weighted by molar-refractivity contribution is 0.548. The van der Waals surface area contributed by atoms with Crippen LogP contribution in [0, 0.1) is 0 Å². The zero-order valence-corrected chi connectivity index (χ0v) is 9.25. The molecule has 0 aliphatic heterocycles. The lowest BCUT2D eigenvalue weighted by Gasteiger charge is -2.13. The van der Waals surface area contributed by atoms with Crippen LogP contribution >= 0.6 is 11.6 Å². The first-order chi connectivity index (χ1) is 6.74. The summed E-state index contributed by atoms with van der Waals surface area (Å²) >= 11 is 6.18. The minimum atomic E-state index is 0.507. The molecule has 0 bridgehead atoms. The molecule has 1 aromatic heterocycles.